The van der Waals surface area contributed by atoms with E-state index in [-0.39, 0.29) is 35.8 Å². The molecule has 0 aliphatic heterocycles. The molecule has 1 N–H and O–H groups in total. The fourth-order valence-electron chi connectivity index (χ4n) is 1.83. The van der Waals surface area contributed by atoms with E-state index in [1.165, 1.54) is 0 Å². The van der Waals surface area contributed by atoms with Gasteiger partial charge in [0.05, 0.1) is 6.85 Å². The first-order valence-corrected chi connectivity index (χ1v) is 5.98. The monoisotopic (exact) mass is 250 g/mol. The van der Waals surface area contributed by atoms with Gasteiger partial charge in [0.15, 0.2) is 0 Å². The van der Waals surface area contributed by atoms with Gasteiger partial charge in [-0.3, -0.25) is 0 Å². The second-order valence-electron chi connectivity index (χ2n) is 4.07. The van der Waals surface area contributed by atoms with Gasteiger partial charge < -0.3 is 5.32 Å². The van der Waals surface area contributed by atoms with Crippen LogP contribution in [-0.4, -0.2) is 0 Å². The largest absolute Gasteiger partial charge is 0.356 e. The molecular formula is C18H15N. The van der Waals surface area contributed by atoms with Crippen LogP contribution in [0.3, 0.4) is 0 Å². The van der Waals surface area contributed by atoms with E-state index in [0.717, 1.165) is 11.4 Å². The lowest BCUT2D eigenvalue weighted by molar-refractivity contribution is 1.54. The summed E-state index contributed by atoms with van der Waals surface area (Å²) in [5.74, 6) is 0. The molecule has 0 aromatic heterocycles. The highest BCUT2D eigenvalue weighted by atomic mass is 14.9. The summed E-state index contributed by atoms with van der Waals surface area (Å²) in [6.07, 6.45) is 0. The maximum atomic E-state index is 8.07. The van der Waals surface area contributed by atoms with Crippen LogP contribution in [0.5, 0.6) is 0 Å². The number of hydrogen-bond acceptors (Lipinski definition) is 1. The van der Waals surface area contributed by atoms with E-state index in [9.17, 15) is 0 Å². The molecule has 0 amide bonds. The van der Waals surface area contributed by atoms with Crippen LogP contribution in [-0.2, 0) is 0 Å². The number of anilines is 2. The molecule has 0 spiro atoms. The SMILES string of the molecule is [2H]c1c([2H])c([2H])c(-c2cccc(Nc3ccccc3)c2)c([2H])c1[2H]. The van der Waals surface area contributed by atoms with Crippen molar-refractivity contribution in [2.45, 2.75) is 0 Å². The Bertz CT molecular complexity index is 864. The zero-order valence-corrected chi connectivity index (χ0v) is 10.2. The summed E-state index contributed by atoms with van der Waals surface area (Å²) in [5.41, 5.74) is 2.48. The minimum atomic E-state index is -0.382. The molecule has 0 aliphatic rings. The molecule has 1 heteroatoms. The number of benzene rings is 3. The van der Waals surface area contributed by atoms with E-state index in [1.54, 1.807) is 18.2 Å². The number of rotatable bonds is 3. The Balaban J connectivity index is 2.07. The van der Waals surface area contributed by atoms with E-state index in [1.807, 2.05) is 36.4 Å². The fourth-order valence-corrected chi connectivity index (χ4v) is 1.83. The van der Waals surface area contributed by atoms with E-state index in [2.05, 4.69) is 5.32 Å². The lowest BCUT2D eigenvalue weighted by Crippen LogP contribution is -1.89. The maximum Gasteiger partial charge on any atom is 0.0629 e. The molecule has 0 unspecified atom stereocenters. The summed E-state index contributed by atoms with van der Waals surface area (Å²) in [6.45, 7) is 0. The summed E-state index contributed by atoms with van der Waals surface area (Å²) < 4.78 is 39.4. The molecule has 0 bridgehead atoms. The van der Waals surface area contributed by atoms with Gasteiger partial charge in [-0.25, -0.2) is 0 Å². The lowest BCUT2D eigenvalue weighted by Gasteiger charge is -2.08. The van der Waals surface area contributed by atoms with Gasteiger partial charge in [0.2, 0.25) is 0 Å². The third-order valence-corrected chi connectivity index (χ3v) is 2.71. The van der Waals surface area contributed by atoms with Gasteiger partial charge in [-0.2, -0.15) is 0 Å². The second-order valence-corrected chi connectivity index (χ2v) is 4.07. The molecule has 3 aromatic rings. The van der Waals surface area contributed by atoms with Crippen molar-refractivity contribution in [3.63, 3.8) is 0 Å². The van der Waals surface area contributed by atoms with Crippen molar-refractivity contribution >= 4 is 11.4 Å². The highest BCUT2D eigenvalue weighted by molar-refractivity contribution is 5.70. The first-order chi connectivity index (χ1) is 11.5. The average Bonchev–Trinajstić information content (AvgIpc) is 2.60. The van der Waals surface area contributed by atoms with E-state index in [0.29, 0.717) is 5.56 Å². The van der Waals surface area contributed by atoms with Crippen molar-refractivity contribution in [1.29, 1.82) is 0 Å². The first kappa shape index (κ1) is 7.15. The topological polar surface area (TPSA) is 12.0 Å². The average molecular weight is 250 g/mol. The Kier molecular flexibility index (Phi) is 2.03. The summed E-state index contributed by atoms with van der Waals surface area (Å²) in [4.78, 5) is 0. The van der Waals surface area contributed by atoms with Gasteiger partial charge in [-0.05, 0) is 35.4 Å². The minimum absolute atomic E-state index is 0.196. The molecule has 0 fully saturated rings. The summed E-state index contributed by atoms with van der Waals surface area (Å²) in [6, 6.07) is 15.4. The van der Waals surface area contributed by atoms with Gasteiger partial charge in [0.1, 0.15) is 0 Å². The molecule has 3 aromatic carbocycles. The Morgan fingerprint density at radius 2 is 1.42 bits per heavy atom. The number of para-hydroxylation sites is 1. The Morgan fingerprint density at radius 1 is 0.684 bits per heavy atom. The normalized spacial score (nSPS) is 13.8. The van der Waals surface area contributed by atoms with Crippen LogP contribution in [0, 0.1) is 0 Å². The highest BCUT2D eigenvalue weighted by Crippen LogP contribution is 2.24. The molecule has 19 heavy (non-hydrogen) atoms. The predicted molar refractivity (Wildman–Crippen MR) is 81.6 cm³/mol. The van der Waals surface area contributed by atoms with Gasteiger partial charge in [0.25, 0.3) is 0 Å². The van der Waals surface area contributed by atoms with Crippen molar-refractivity contribution in [2.24, 2.45) is 0 Å². The summed E-state index contributed by atoms with van der Waals surface area (Å²) in [5, 5.41) is 3.24. The van der Waals surface area contributed by atoms with Crippen LogP contribution in [0.2, 0.25) is 0 Å². The third kappa shape index (κ3) is 2.83. The third-order valence-electron chi connectivity index (χ3n) is 2.71. The fraction of sp³-hybridized carbons (Fsp3) is 0. The van der Waals surface area contributed by atoms with Crippen molar-refractivity contribution in [2.75, 3.05) is 5.32 Å². The lowest BCUT2D eigenvalue weighted by atomic mass is 10.1. The molecule has 0 aliphatic carbocycles. The van der Waals surface area contributed by atoms with Crippen LogP contribution < -0.4 is 5.32 Å². The molecule has 3 rings (SSSR count). The Morgan fingerprint density at radius 3 is 2.21 bits per heavy atom. The molecule has 92 valence electrons. The van der Waals surface area contributed by atoms with E-state index >= 15 is 0 Å². The predicted octanol–water partition coefficient (Wildman–Crippen LogP) is 5.10. The van der Waals surface area contributed by atoms with E-state index < -0.39 is 0 Å². The molecule has 0 radical (unpaired) electrons. The maximum absolute atomic E-state index is 8.07. The quantitative estimate of drug-likeness (QED) is 0.682. The minimum Gasteiger partial charge on any atom is -0.356 e. The van der Waals surface area contributed by atoms with Gasteiger partial charge in [0, 0.05) is 11.4 Å². The van der Waals surface area contributed by atoms with Crippen LogP contribution in [0.25, 0.3) is 11.1 Å². The number of hydrogen-bond donors (Lipinski definition) is 1. The van der Waals surface area contributed by atoms with Crippen LogP contribution in [0.1, 0.15) is 6.85 Å². The van der Waals surface area contributed by atoms with Gasteiger partial charge in [-0.1, -0.05) is 60.5 Å². The van der Waals surface area contributed by atoms with Crippen molar-refractivity contribution in [3.8, 4) is 11.1 Å². The van der Waals surface area contributed by atoms with Gasteiger partial charge in [-0.15, -0.1) is 0 Å². The molecule has 0 atom stereocenters. The highest BCUT2D eigenvalue weighted by Gasteiger charge is 1.98. The van der Waals surface area contributed by atoms with E-state index in [4.69, 9.17) is 6.85 Å². The zero-order valence-electron chi connectivity index (χ0n) is 15.2. The first-order valence-electron chi connectivity index (χ1n) is 8.48. The van der Waals surface area contributed by atoms with Crippen molar-refractivity contribution in [3.05, 3.63) is 84.8 Å². The number of nitrogens with one attached hydrogen (secondary N) is 1. The molecular weight excluding hydrogens is 230 g/mol. The zero-order chi connectivity index (χ0) is 17.3. The van der Waals surface area contributed by atoms with Gasteiger partial charge >= 0.3 is 0 Å². The van der Waals surface area contributed by atoms with Crippen LogP contribution in [0.15, 0.2) is 84.8 Å². The van der Waals surface area contributed by atoms with Crippen LogP contribution in [0.4, 0.5) is 11.4 Å². The van der Waals surface area contributed by atoms with Crippen LogP contribution >= 0.6 is 0 Å². The summed E-state index contributed by atoms with van der Waals surface area (Å²) >= 11 is 0. The smallest absolute Gasteiger partial charge is 0.0629 e. The molecule has 0 saturated heterocycles. The second kappa shape index (κ2) is 5.40. The van der Waals surface area contributed by atoms with Crippen molar-refractivity contribution < 1.29 is 6.85 Å². The standard InChI is InChI=1S/C18H15N/c1-3-8-15(9-4-1)16-10-7-13-18(14-16)19-17-11-5-2-6-12-17/h1-14,19H/i1D,3D,4D,8D,9D. The Hall–Kier alpha value is -2.54. The molecule has 0 heterocycles. The van der Waals surface area contributed by atoms with Crippen molar-refractivity contribution in [1.82, 2.24) is 0 Å². The molecule has 0 saturated carbocycles. The summed E-state index contributed by atoms with van der Waals surface area (Å²) in [7, 11) is 0. The molecule has 1 nitrogen and oxygen atoms in total. The Labute approximate surface area is 120 Å².